The lowest BCUT2D eigenvalue weighted by Gasteiger charge is -2.26. The molecular formula is C5HBF12O8S4. The monoisotopic (exact) mass is 556 g/mol. The minimum atomic E-state index is -8.53. The van der Waals surface area contributed by atoms with E-state index in [9.17, 15) is 86.4 Å². The van der Waals surface area contributed by atoms with Crippen molar-refractivity contribution in [1.82, 2.24) is 0 Å². The highest BCUT2D eigenvalue weighted by atomic mass is 32.3. The molecule has 0 N–H and O–H groups in total. The van der Waals surface area contributed by atoms with E-state index in [-0.39, 0.29) is 0 Å². The number of sulfone groups is 2. The molecule has 0 saturated heterocycles. The molecule has 0 heterocycles. The summed E-state index contributed by atoms with van der Waals surface area (Å²) in [4.78, 5) is 0. The van der Waals surface area contributed by atoms with Crippen LogP contribution in [0.25, 0.3) is 0 Å². The summed E-state index contributed by atoms with van der Waals surface area (Å²) in [6.07, 6.45) is 0. The van der Waals surface area contributed by atoms with Crippen LogP contribution in [0.2, 0.25) is 0 Å². The predicted molar refractivity (Wildman–Crippen MR) is 69.4 cm³/mol. The van der Waals surface area contributed by atoms with Crippen molar-refractivity contribution < 1.29 is 86.4 Å². The maximum atomic E-state index is 12.6. The third-order valence-corrected chi connectivity index (χ3v) is 12.6. The summed E-state index contributed by atoms with van der Waals surface area (Å²) in [6.45, 7) is 0. The van der Waals surface area contributed by atoms with Gasteiger partial charge in [0.2, 0.25) is 19.4 Å². The van der Waals surface area contributed by atoms with Crippen molar-refractivity contribution >= 4 is 44.3 Å². The quantitative estimate of drug-likeness (QED) is 0.363. The highest BCUT2D eigenvalue weighted by Gasteiger charge is 2.79. The van der Waals surface area contributed by atoms with Crippen LogP contribution in [-0.4, -0.2) is 65.5 Å². The van der Waals surface area contributed by atoms with Gasteiger partial charge >= 0.3 is 27.3 Å². The van der Waals surface area contributed by atoms with E-state index in [1.54, 1.807) is 0 Å². The minimum Gasteiger partial charge on any atom is -0.231 e. The molecule has 0 amide bonds. The van der Waals surface area contributed by atoms with Gasteiger partial charge in [-0.2, -0.15) is 52.7 Å². The molecule has 0 atom stereocenters. The van der Waals surface area contributed by atoms with Crippen molar-refractivity contribution in [3.63, 3.8) is 0 Å². The zero-order chi connectivity index (χ0) is 25.2. The Morgan fingerprint density at radius 3 is 0.767 bits per heavy atom. The standard InChI is InChI=1S/C5HBF12O8S4/c7-2(8,9)27(19,20)1(28(21,22)3(10,11)12)6(29(23,24)4(13,14)15)30(25,26)5(16,17)18/h1H. The van der Waals surface area contributed by atoms with E-state index in [0.29, 0.717) is 0 Å². The van der Waals surface area contributed by atoms with Gasteiger partial charge in [0.1, 0.15) is 0 Å². The van der Waals surface area contributed by atoms with Crippen LogP contribution >= 0.6 is 0 Å². The maximum absolute atomic E-state index is 12.6. The SMILES string of the molecule is O=S(=O)(B(C(S(=O)(=O)C(F)(F)F)S(=O)(=O)C(F)(F)F)S(=O)(=O)C(F)(F)F)C(F)(F)F. The molecule has 8 nitrogen and oxygen atoms in total. The van der Waals surface area contributed by atoms with Gasteiger partial charge in [-0.3, -0.25) is 0 Å². The molecular weight excluding hydrogens is 555 g/mol. The van der Waals surface area contributed by atoms with Gasteiger partial charge in [0, 0.05) is 0 Å². The normalized spacial score (nSPS) is 16.0. The molecule has 0 unspecified atom stereocenters. The van der Waals surface area contributed by atoms with Crippen molar-refractivity contribution in [1.29, 1.82) is 0 Å². The van der Waals surface area contributed by atoms with E-state index in [1.165, 1.54) is 0 Å². The molecule has 0 aromatic rings. The fraction of sp³-hybridized carbons (Fsp3) is 1.00. The topological polar surface area (TPSA) is 137 Å². The smallest absolute Gasteiger partial charge is 0.231 e. The molecule has 0 aliphatic rings. The third-order valence-electron chi connectivity index (χ3n) is 2.74. The number of hydrogen-bond donors (Lipinski definition) is 0. The van der Waals surface area contributed by atoms with E-state index < -0.39 is 70.8 Å². The molecule has 0 aliphatic heterocycles. The Kier molecular flexibility index (Phi) is 7.04. The number of hydrogen-bond acceptors (Lipinski definition) is 8. The molecule has 0 aliphatic carbocycles. The average Bonchev–Trinajstić information content (AvgIpc) is 2.38. The zero-order valence-electron chi connectivity index (χ0n) is 12.6. The Morgan fingerprint density at radius 2 is 0.633 bits per heavy atom. The first kappa shape index (κ1) is 29.0. The highest BCUT2D eigenvalue weighted by Crippen LogP contribution is 2.44. The number of alkyl halides is 12. The predicted octanol–water partition coefficient (Wildman–Crippen LogP) is 1.08. The summed E-state index contributed by atoms with van der Waals surface area (Å²) < 4.78 is 234. The fourth-order valence-electron chi connectivity index (χ4n) is 1.45. The second-order valence-electron chi connectivity index (χ2n) is 4.70. The van der Waals surface area contributed by atoms with Crippen molar-refractivity contribution in [3.8, 4) is 0 Å². The van der Waals surface area contributed by atoms with Gasteiger partial charge in [-0.05, 0) is 0 Å². The highest BCUT2D eigenvalue weighted by molar-refractivity contribution is 8.50. The summed E-state index contributed by atoms with van der Waals surface area (Å²) in [6, 6.07) is 0. The number of rotatable bonds is 5. The first-order chi connectivity index (χ1) is 12.5. The van der Waals surface area contributed by atoms with E-state index in [4.69, 9.17) is 0 Å². The van der Waals surface area contributed by atoms with Gasteiger partial charge in [-0.25, -0.2) is 33.7 Å². The molecule has 0 fully saturated rings. The summed E-state index contributed by atoms with van der Waals surface area (Å²) in [5.74, 6) is 0. The molecule has 0 aromatic carbocycles. The van der Waals surface area contributed by atoms with Gasteiger partial charge in [0.05, 0.1) is 0 Å². The summed E-state index contributed by atoms with van der Waals surface area (Å²) in [5, 5.41) is -6.37. The largest absolute Gasteiger partial charge is 0.498 e. The van der Waals surface area contributed by atoms with Crippen LogP contribution in [0, 0.1) is 0 Å². The van der Waals surface area contributed by atoms with Crippen molar-refractivity contribution in [2.75, 3.05) is 0 Å². The lowest BCUT2D eigenvalue weighted by Crippen LogP contribution is -2.63. The molecule has 25 heteroatoms. The van der Waals surface area contributed by atoms with Gasteiger partial charge in [-0.15, -0.1) is 0 Å². The summed E-state index contributed by atoms with van der Waals surface area (Å²) in [5.41, 5.74) is -29.8. The van der Waals surface area contributed by atoms with Crippen molar-refractivity contribution in [2.45, 2.75) is 26.5 Å². The van der Waals surface area contributed by atoms with Crippen LogP contribution in [0.3, 0.4) is 0 Å². The molecule has 30 heavy (non-hydrogen) atoms. The Labute approximate surface area is 157 Å². The average molecular weight is 556 g/mol. The maximum Gasteiger partial charge on any atom is 0.498 e. The minimum absolute atomic E-state index is 6.37. The fourth-order valence-corrected chi connectivity index (χ4v) is 11.2. The van der Waals surface area contributed by atoms with Crippen molar-refractivity contribution in [3.05, 3.63) is 0 Å². The van der Waals surface area contributed by atoms with Gasteiger partial charge in [-0.1, -0.05) is 0 Å². The van der Waals surface area contributed by atoms with Crippen molar-refractivity contribution in [2.24, 2.45) is 0 Å². The van der Waals surface area contributed by atoms with Crippen LogP contribution in [0.15, 0.2) is 0 Å². The zero-order valence-corrected chi connectivity index (χ0v) is 15.9. The first-order valence-corrected chi connectivity index (χ1v) is 11.9. The van der Waals surface area contributed by atoms with Gasteiger partial charge in [0.15, 0.2) is 4.48 Å². The van der Waals surface area contributed by atoms with E-state index in [2.05, 4.69) is 0 Å². The summed E-state index contributed by atoms with van der Waals surface area (Å²) >= 11 is 0. The third kappa shape index (κ3) is 4.61. The lowest BCUT2D eigenvalue weighted by molar-refractivity contribution is -0.0474. The summed E-state index contributed by atoms with van der Waals surface area (Å²) in [7, 11) is -34.1. The number of halogens is 12. The van der Waals surface area contributed by atoms with Gasteiger partial charge < -0.3 is 0 Å². The molecule has 0 radical (unpaired) electrons. The van der Waals surface area contributed by atoms with Crippen LogP contribution in [0.5, 0.6) is 0 Å². The Bertz CT molecular complexity index is 909. The molecule has 0 spiro atoms. The van der Waals surface area contributed by atoms with E-state index in [1.807, 2.05) is 0 Å². The molecule has 0 bridgehead atoms. The Morgan fingerprint density at radius 1 is 0.433 bits per heavy atom. The second-order valence-corrected chi connectivity index (χ2v) is 13.5. The van der Waals surface area contributed by atoms with E-state index in [0.717, 1.165) is 0 Å². The van der Waals surface area contributed by atoms with Crippen LogP contribution in [-0.2, 0) is 39.1 Å². The lowest BCUT2D eigenvalue weighted by atomic mass is 10.2. The molecule has 0 rings (SSSR count). The Balaban J connectivity index is 8.07. The van der Waals surface area contributed by atoms with Crippen LogP contribution < -0.4 is 0 Å². The molecule has 180 valence electrons. The van der Waals surface area contributed by atoms with Crippen LogP contribution in [0.1, 0.15) is 0 Å². The van der Waals surface area contributed by atoms with E-state index >= 15 is 0 Å². The first-order valence-electron chi connectivity index (χ1n) is 5.69. The molecule has 0 saturated carbocycles. The molecule has 0 aromatic heterocycles. The second kappa shape index (κ2) is 7.28. The van der Waals surface area contributed by atoms with Crippen LogP contribution in [0.4, 0.5) is 52.7 Å². The van der Waals surface area contributed by atoms with Gasteiger partial charge in [0.25, 0.3) is 19.7 Å². The Hall–Kier alpha value is -0.975.